The molecule has 1 heterocycles. The van der Waals surface area contributed by atoms with Gasteiger partial charge >= 0.3 is 0 Å². The van der Waals surface area contributed by atoms with Gasteiger partial charge in [-0.2, -0.15) is 0 Å². The number of ether oxygens (including phenoxy) is 1. The van der Waals surface area contributed by atoms with E-state index in [0.29, 0.717) is 6.04 Å². The number of rotatable bonds is 3. The molecule has 1 aliphatic heterocycles. The van der Waals surface area contributed by atoms with Crippen LogP contribution in [-0.4, -0.2) is 48.0 Å². The van der Waals surface area contributed by atoms with E-state index in [9.17, 15) is 5.11 Å². The second-order valence-electron chi connectivity index (χ2n) is 3.88. The van der Waals surface area contributed by atoms with Crippen LogP contribution in [0, 0.1) is 0 Å². The zero-order valence-electron chi connectivity index (χ0n) is 8.86. The Balaban J connectivity index is 2.47. The van der Waals surface area contributed by atoms with Crippen molar-refractivity contribution in [1.82, 2.24) is 4.90 Å². The minimum atomic E-state index is -0.208. The van der Waals surface area contributed by atoms with Crippen molar-refractivity contribution in [2.75, 3.05) is 19.8 Å². The van der Waals surface area contributed by atoms with Crippen LogP contribution in [0.1, 0.15) is 27.2 Å². The quantitative estimate of drug-likeness (QED) is 0.711. The van der Waals surface area contributed by atoms with E-state index in [0.717, 1.165) is 26.2 Å². The van der Waals surface area contributed by atoms with Crippen LogP contribution in [-0.2, 0) is 4.74 Å². The standard InChI is InChI=1S/C10H21NO2/c1-4-10(12)9(3)11-5-6-13-7-8(11)2/h8-10,12H,4-7H2,1-3H3. The van der Waals surface area contributed by atoms with E-state index in [4.69, 9.17) is 4.74 Å². The van der Waals surface area contributed by atoms with Gasteiger partial charge < -0.3 is 9.84 Å². The maximum atomic E-state index is 9.71. The van der Waals surface area contributed by atoms with E-state index in [1.807, 2.05) is 6.92 Å². The second kappa shape index (κ2) is 4.94. The van der Waals surface area contributed by atoms with E-state index in [1.54, 1.807) is 0 Å². The van der Waals surface area contributed by atoms with Crippen LogP contribution in [0.15, 0.2) is 0 Å². The molecule has 1 rings (SSSR count). The van der Waals surface area contributed by atoms with Crippen LogP contribution in [0.25, 0.3) is 0 Å². The predicted molar refractivity (Wildman–Crippen MR) is 52.7 cm³/mol. The first-order valence-electron chi connectivity index (χ1n) is 5.18. The van der Waals surface area contributed by atoms with Gasteiger partial charge in [-0.1, -0.05) is 6.92 Å². The van der Waals surface area contributed by atoms with Gasteiger partial charge in [-0.25, -0.2) is 0 Å². The van der Waals surface area contributed by atoms with Crippen LogP contribution in [0.4, 0.5) is 0 Å². The highest BCUT2D eigenvalue weighted by Gasteiger charge is 2.27. The molecule has 0 aliphatic carbocycles. The molecule has 0 aromatic heterocycles. The molecule has 0 amide bonds. The summed E-state index contributed by atoms with van der Waals surface area (Å²) in [7, 11) is 0. The maximum absolute atomic E-state index is 9.71. The van der Waals surface area contributed by atoms with Gasteiger partial charge in [0.1, 0.15) is 0 Å². The molecule has 3 unspecified atom stereocenters. The molecule has 1 fully saturated rings. The lowest BCUT2D eigenvalue weighted by Crippen LogP contribution is -2.52. The highest BCUT2D eigenvalue weighted by Crippen LogP contribution is 2.14. The first kappa shape index (κ1) is 11.0. The van der Waals surface area contributed by atoms with E-state index in [-0.39, 0.29) is 12.1 Å². The summed E-state index contributed by atoms with van der Waals surface area (Å²) in [6.07, 6.45) is 0.617. The Morgan fingerprint density at radius 2 is 2.31 bits per heavy atom. The summed E-state index contributed by atoms with van der Waals surface area (Å²) in [6.45, 7) is 8.80. The van der Waals surface area contributed by atoms with Gasteiger partial charge in [0.15, 0.2) is 0 Å². The lowest BCUT2D eigenvalue weighted by atomic mass is 10.1. The van der Waals surface area contributed by atoms with Crippen molar-refractivity contribution in [2.24, 2.45) is 0 Å². The predicted octanol–water partition coefficient (Wildman–Crippen LogP) is 0.866. The normalized spacial score (nSPS) is 30.0. The van der Waals surface area contributed by atoms with E-state index in [1.165, 1.54) is 0 Å². The van der Waals surface area contributed by atoms with Crippen LogP contribution in [0.5, 0.6) is 0 Å². The third-order valence-electron chi connectivity index (χ3n) is 2.92. The second-order valence-corrected chi connectivity index (χ2v) is 3.88. The number of hydrogen-bond donors (Lipinski definition) is 1. The van der Waals surface area contributed by atoms with Crippen LogP contribution >= 0.6 is 0 Å². The molecular weight excluding hydrogens is 166 g/mol. The van der Waals surface area contributed by atoms with Crippen molar-refractivity contribution in [1.29, 1.82) is 0 Å². The molecule has 3 nitrogen and oxygen atoms in total. The number of hydrogen-bond acceptors (Lipinski definition) is 3. The molecule has 0 radical (unpaired) electrons. The summed E-state index contributed by atoms with van der Waals surface area (Å²) in [4.78, 5) is 2.33. The van der Waals surface area contributed by atoms with Gasteiger partial charge in [0.25, 0.3) is 0 Å². The van der Waals surface area contributed by atoms with E-state index < -0.39 is 0 Å². The Morgan fingerprint density at radius 3 is 2.85 bits per heavy atom. The molecule has 0 saturated carbocycles. The molecule has 78 valence electrons. The fourth-order valence-corrected chi connectivity index (χ4v) is 1.91. The Bertz CT molecular complexity index is 152. The van der Waals surface area contributed by atoms with Gasteiger partial charge in [0, 0.05) is 18.6 Å². The molecule has 1 aliphatic rings. The maximum Gasteiger partial charge on any atom is 0.0690 e. The van der Waals surface area contributed by atoms with Crippen LogP contribution in [0.2, 0.25) is 0 Å². The zero-order chi connectivity index (χ0) is 9.84. The van der Waals surface area contributed by atoms with Crippen molar-refractivity contribution in [3.05, 3.63) is 0 Å². The molecule has 3 heteroatoms. The molecule has 3 atom stereocenters. The van der Waals surface area contributed by atoms with Crippen molar-refractivity contribution < 1.29 is 9.84 Å². The van der Waals surface area contributed by atoms with Crippen LogP contribution in [0.3, 0.4) is 0 Å². The SMILES string of the molecule is CCC(O)C(C)N1CCOCC1C. The van der Waals surface area contributed by atoms with Crippen molar-refractivity contribution in [3.63, 3.8) is 0 Å². The Labute approximate surface area is 80.7 Å². The highest BCUT2D eigenvalue weighted by molar-refractivity contribution is 4.80. The first-order chi connectivity index (χ1) is 6.16. The van der Waals surface area contributed by atoms with Gasteiger partial charge in [0.2, 0.25) is 0 Å². The van der Waals surface area contributed by atoms with E-state index in [2.05, 4.69) is 18.7 Å². The minimum absolute atomic E-state index is 0.208. The third kappa shape index (κ3) is 2.66. The van der Waals surface area contributed by atoms with E-state index >= 15 is 0 Å². The first-order valence-corrected chi connectivity index (χ1v) is 5.18. The molecule has 0 spiro atoms. The topological polar surface area (TPSA) is 32.7 Å². The zero-order valence-corrected chi connectivity index (χ0v) is 8.86. The summed E-state index contributed by atoms with van der Waals surface area (Å²) >= 11 is 0. The Morgan fingerprint density at radius 1 is 1.62 bits per heavy atom. The van der Waals surface area contributed by atoms with Gasteiger partial charge in [0.05, 0.1) is 19.3 Å². The molecular formula is C10H21NO2. The lowest BCUT2D eigenvalue weighted by Gasteiger charge is -2.39. The molecule has 1 saturated heterocycles. The van der Waals surface area contributed by atoms with Crippen molar-refractivity contribution in [3.8, 4) is 0 Å². The summed E-state index contributed by atoms with van der Waals surface area (Å²) in [5, 5.41) is 9.71. The average molecular weight is 187 g/mol. The smallest absolute Gasteiger partial charge is 0.0690 e. The lowest BCUT2D eigenvalue weighted by molar-refractivity contribution is -0.0486. The molecule has 0 bridgehead atoms. The van der Waals surface area contributed by atoms with Gasteiger partial charge in [-0.3, -0.25) is 4.90 Å². The molecule has 13 heavy (non-hydrogen) atoms. The molecule has 0 aromatic carbocycles. The van der Waals surface area contributed by atoms with Gasteiger partial charge in [-0.15, -0.1) is 0 Å². The Kier molecular flexibility index (Phi) is 4.16. The third-order valence-corrected chi connectivity index (χ3v) is 2.92. The summed E-state index contributed by atoms with van der Waals surface area (Å²) < 4.78 is 5.35. The Hall–Kier alpha value is -0.120. The summed E-state index contributed by atoms with van der Waals surface area (Å²) in [5.41, 5.74) is 0. The van der Waals surface area contributed by atoms with Crippen molar-refractivity contribution in [2.45, 2.75) is 45.4 Å². The molecule has 1 N–H and O–H groups in total. The fourth-order valence-electron chi connectivity index (χ4n) is 1.91. The number of aliphatic hydroxyl groups is 1. The number of morpholine rings is 1. The summed E-state index contributed by atoms with van der Waals surface area (Å²) in [5.74, 6) is 0. The molecule has 0 aromatic rings. The highest BCUT2D eigenvalue weighted by atomic mass is 16.5. The summed E-state index contributed by atoms with van der Waals surface area (Å²) in [6, 6.07) is 0.689. The fraction of sp³-hybridized carbons (Fsp3) is 1.00. The monoisotopic (exact) mass is 187 g/mol. The largest absolute Gasteiger partial charge is 0.392 e. The number of nitrogens with zero attached hydrogens (tertiary/aromatic N) is 1. The van der Waals surface area contributed by atoms with Gasteiger partial charge in [-0.05, 0) is 20.3 Å². The average Bonchev–Trinajstić information content (AvgIpc) is 2.16. The number of aliphatic hydroxyl groups excluding tert-OH is 1. The minimum Gasteiger partial charge on any atom is -0.392 e. The van der Waals surface area contributed by atoms with Crippen molar-refractivity contribution >= 4 is 0 Å². The van der Waals surface area contributed by atoms with Crippen LogP contribution < -0.4 is 0 Å².